The number of hydrogen-bond donors (Lipinski definition) is 3. The fourth-order valence-electron chi connectivity index (χ4n) is 2.46. The van der Waals surface area contributed by atoms with Crippen molar-refractivity contribution in [2.45, 2.75) is 39.5 Å². The number of nitrogens with one attached hydrogen (secondary N) is 3. The molecule has 0 aromatic heterocycles. The maximum absolute atomic E-state index is 11.3. The maximum Gasteiger partial charge on any atom is 0.211 e. The minimum Gasteiger partial charge on any atom is -0.357 e. The molecule has 0 unspecified atom stereocenters. The molecule has 1 saturated heterocycles. The molecule has 0 atom stereocenters. The van der Waals surface area contributed by atoms with Crippen LogP contribution in [0.25, 0.3) is 0 Å². The lowest BCUT2D eigenvalue weighted by Gasteiger charge is -2.26. The number of piperidine rings is 1. The summed E-state index contributed by atoms with van der Waals surface area (Å²) in [6.07, 6.45) is 4.67. The summed E-state index contributed by atoms with van der Waals surface area (Å²) in [6.45, 7) is 9.86. The van der Waals surface area contributed by atoms with Gasteiger partial charge in [-0.15, -0.1) is 24.0 Å². The smallest absolute Gasteiger partial charge is 0.211 e. The molecule has 9 heteroatoms. The number of rotatable bonds is 10. The van der Waals surface area contributed by atoms with Gasteiger partial charge in [-0.25, -0.2) is 13.1 Å². The van der Waals surface area contributed by atoms with Gasteiger partial charge in [0.1, 0.15) is 0 Å². The zero-order valence-corrected chi connectivity index (χ0v) is 18.2. The Kier molecular flexibility index (Phi) is 14.0. The van der Waals surface area contributed by atoms with Gasteiger partial charge in [0.25, 0.3) is 0 Å². The highest BCUT2D eigenvalue weighted by molar-refractivity contribution is 14.0. The Morgan fingerprint density at radius 3 is 2.42 bits per heavy atom. The van der Waals surface area contributed by atoms with Crippen LogP contribution < -0.4 is 15.4 Å². The van der Waals surface area contributed by atoms with Crippen LogP contribution in [-0.4, -0.2) is 70.8 Å². The van der Waals surface area contributed by atoms with Crippen molar-refractivity contribution in [3.05, 3.63) is 0 Å². The fraction of sp³-hybridized carbons (Fsp3) is 0.933. The van der Waals surface area contributed by atoms with E-state index in [0.717, 1.165) is 25.6 Å². The van der Waals surface area contributed by atoms with Crippen molar-refractivity contribution >= 4 is 40.0 Å². The van der Waals surface area contributed by atoms with Crippen molar-refractivity contribution in [2.75, 3.05) is 51.6 Å². The van der Waals surface area contributed by atoms with E-state index in [1.807, 2.05) is 6.92 Å². The largest absolute Gasteiger partial charge is 0.357 e. The van der Waals surface area contributed by atoms with Crippen LogP contribution in [0.3, 0.4) is 0 Å². The lowest BCUT2D eigenvalue weighted by atomic mass is 10.1. The summed E-state index contributed by atoms with van der Waals surface area (Å²) < 4.78 is 25.2. The first-order valence-corrected chi connectivity index (χ1v) is 10.4. The minimum absolute atomic E-state index is 0. The lowest BCUT2D eigenvalue weighted by Crippen LogP contribution is -2.42. The first-order chi connectivity index (χ1) is 11.1. The first kappa shape index (κ1) is 23.9. The molecular weight excluding hydrogens is 441 g/mol. The Bertz CT molecular complexity index is 439. The molecule has 0 aromatic rings. The van der Waals surface area contributed by atoms with Crippen LogP contribution in [0.4, 0.5) is 0 Å². The van der Waals surface area contributed by atoms with Gasteiger partial charge in [-0.3, -0.25) is 4.99 Å². The number of hydrogen-bond acceptors (Lipinski definition) is 4. The van der Waals surface area contributed by atoms with Crippen LogP contribution >= 0.6 is 24.0 Å². The molecule has 0 bridgehead atoms. The van der Waals surface area contributed by atoms with Gasteiger partial charge in [0, 0.05) is 32.7 Å². The van der Waals surface area contributed by atoms with E-state index in [4.69, 9.17) is 0 Å². The van der Waals surface area contributed by atoms with E-state index in [1.54, 1.807) is 6.92 Å². The molecule has 0 saturated carbocycles. The van der Waals surface area contributed by atoms with Gasteiger partial charge in [-0.05, 0) is 46.2 Å². The summed E-state index contributed by atoms with van der Waals surface area (Å²) in [4.78, 5) is 6.97. The van der Waals surface area contributed by atoms with Crippen molar-refractivity contribution in [2.24, 2.45) is 4.99 Å². The predicted octanol–water partition coefficient (Wildman–Crippen LogP) is 0.975. The second-order valence-electron chi connectivity index (χ2n) is 5.74. The Balaban J connectivity index is 0.00000529. The number of likely N-dealkylation sites (tertiary alicyclic amines) is 1. The first-order valence-electron chi connectivity index (χ1n) is 8.79. The number of halogens is 1. The predicted molar refractivity (Wildman–Crippen MR) is 112 cm³/mol. The number of sulfonamides is 1. The normalized spacial score (nSPS) is 16.5. The molecule has 3 N–H and O–H groups in total. The zero-order chi connectivity index (χ0) is 17.0. The topological polar surface area (TPSA) is 85.8 Å². The highest BCUT2D eigenvalue weighted by Gasteiger charge is 2.09. The van der Waals surface area contributed by atoms with E-state index < -0.39 is 10.0 Å². The van der Waals surface area contributed by atoms with E-state index in [1.165, 1.54) is 32.4 Å². The monoisotopic (exact) mass is 475 g/mol. The van der Waals surface area contributed by atoms with Crippen LogP contribution in [0.2, 0.25) is 0 Å². The van der Waals surface area contributed by atoms with Crippen molar-refractivity contribution in [1.29, 1.82) is 0 Å². The van der Waals surface area contributed by atoms with E-state index in [2.05, 4.69) is 25.2 Å². The van der Waals surface area contributed by atoms with E-state index >= 15 is 0 Å². The van der Waals surface area contributed by atoms with Gasteiger partial charge in [0.05, 0.1) is 5.75 Å². The molecule has 0 aromatic carbocycles. The second kappa shape index (κ2) is 14.1. The Morgan fingerprint density at radius 1 is 1.08 bits per heavy atom. The average Bonchev–Trinajstić information content (AvgIpc) is 2.55. The van der Waals surface area contributed by atoms with Crippen LogP contribution in [0.15, 0.2) is 4.99 Å². The lowest BCUT2D eigenvalue weighted by molar-refractivity contribution is 0.232. The number of aliphatic imine (C=N–C) groups is 1. The molecule has 1 aliphatic heterocycles. The Labute approximate surface area is 164 Å². The van der Waals surface area contributed by atoms with Crippen LogP contribution in [-0.2, 0) is 10.0 Å². The molecule has 7 nitrogen and oxygen atoms in total. The zero-order valence-electron chi connectivity index (χ0n) is 15.0. The Hall–Kier alpha value is -0.130. The molecule has 1 rings (SSSR count). The summed E-state index contributed by atoms with van der Waals surface area (Å²) in [5.41, 5.74) is 0. The standard InChI is InChI=1S/C15H33N5O2S.HI/c1-3-16-15(17-9-8-10-19-23(21,22)4-2)18-11-14-20-12-6-5-7-13-20;/h19H,3-14H2,1-2H3,(H2,16,17,18);1H. The second-order valence-corrected chi connectivity index (χ2v) is 7.84. The molecule has 24 heavy (non-hydrogen) atoms. The summed E-state index contributed by atoms with van der Waals surface area (Å²) >= 11 is 0. The summed E-state index contributed by atoms with van der Waals surface area (Å²) in [7, 11) is -3.09. The molecule has 0 radical (unpaired) electrons. The number of guanidine groups is 1. The van der Waals surface area contributed by atoms with Crippen LogP contribution in [0, 0.1) is 0 Å². The van der Waals surface area contributed by atoms with Gasteiger partial charge in [-0.2, -0.15) is 0 Å². The highest BCUT2D eigenvalue weighted by Crippen LogP contribution is 2.07. The van der Waals surface area contributed by atoms with Crippen molar-refractivity contribution in [3.63, 3.8) is 0 Å². The molecule has 1 fully saturated rings. The van der Waals surface area contributed by atoms with Crippen LogP contribution in [0.5, 0.6) is 0 Å². The molecule has 1 heterocycles. The minimum atomic E-state index is -3.09. The maximum atomic E-state index is 11.3. The quantitative estimate of drug-likeness (QED) is 0.190. The molecule has 0 spiro atoms. The van der Waals surface area contributed by atoms with Crippen LogP contribution in [0.1, 0.15) is 39.5 Å². The van der Waals surface area contributed by atoms with Gasteiger partial charge < -0.3 is 15.5 Å². The fourth-order valence-corrected chi connectivity index (χ4v) is 3.12. The van der Waals surface area contributed by atoms with Crippen molar-refractivity contribution in [1.82, 2.24) is 20.3 Å². The van der Waals surface area contributed by atoms with E-state index in [0.29, 0.717) is 19.5 Å². The summed E-state index contributed by atoms with van der Waals surface area (Å²) in [6, 6.07) is 0. The van der Waals surface area contributed by atoms with E-state index in [9.17, 15) is 8.42 Å². The molecule has 0 amide bonds. The highest BCUT2D eigenvalue weighted by atomic mass is 127. The SMILES string of the molecule is CCNC(=NCCCNS(=O)(=O)CC)NCCN1CCCCC1.I. The van der Waals surface area contributed by atoms with Crippen molar-refractivity contribution < 1.29 is 8.42 Å². The van der Waals surface area contributed by atoms with Gasteiger partial charge in [-0.1, -0.05) is 6.42 Å². The Morgan fingerprint density at radius 2 is 1.79 bits per heavy atom. The van der Waals surface area contributed by atoms with Gasteiger partial charge in [0.15, 0.2) is 5.96 Å². The summed E-state index contributed by atoms with van der Waals surface area (Å²) in [5.74, 6) is 0.930. The van der Waals surface area contributed by atoms with E-state index in [-0.39, 0.29) is 29.7 Å². The third kappa shape index (κ3) is 11.4. The summed E-state index contributed by atoms with van der Waals surface area (Å²) in [5, 5.41) is 6.57. The third-order valence-electron chi connectivity index (χ3n) is 3.82. The molecule has 144 valence electrons. The van der Waals surface area contributed by atoms with Crippen molar-refractivity contribution in [3.8, 4) is 0 Å². The average molecular weight is 475 g/mol. The van der Waals surface area contributed by atoms with Gasteiger partial charge >= 0.3 is 0 Å². The molecule has 1 aliphatic rings. The molecular formula is C15H34IN5O2S. The van der Waals surface area contributed by atoms with Gasteiger partial charge in [0.2, 0.25) is 10.0 Å². The third-order valence-corrected chi connectivity index (χ3v) is 5.22. The molecule has 0 aliphatic carbocycles. The number of nitrogens with zero attached hydrogens (tertiary/aromatic N) is 2.